The number of hydrogen-bond donors (Lipinski definition) is 1. The molecule has 0 bridgehead atoms. The van der Waals surface area contributed by atoms with E-state index < -0.39 is 21.1 Å². The first kappa shape index (κ1) is 24.2. The minimum absolute atomic E-state index is 0.0961. The fourth-order valence-corrected chi connectivity index (χ4v) is 5.40. The molecule has 32 heavy (non-hydrogen) atoms. The average molecular weight is 459 g/mol. The predicted octanol–water partition coefficient (Wildman–Crippen LogP) is 4.80. The highest BCUT2D eigenvalue weighted by Crippen LogP contribution is 2.41. The number of nitrogens with zero attached hydrogens (tertiary/aromatic N) is 2. The van der Waals surface area contributed by atoms with Crippen LogP contribution >= 0.6 is 0 Å². The van der Waals surface area contributed by atoms with Gasteiger partial charge >= 0.3 is 5.97 Å². The van der Waals surface area contributed by atoms with Crippen molar-refractivity contribution in [2.45, 2.75) is 71.0 Å². The molecule has 0 radical (unpaired) electrons. The van der Waals surface area contributed by atoms with E-state index in [1.54, 1.807) is 26.0 Å². The lowest BCUT2D eigenvalue weighted by atomic mass is 9.82. The number of anilines is 1. The Balaban J connectivity index is 2.18. The van der Waals surface area contributed by atoms with Gasteiger partial charge in [0.05, 0.1) is 22.3 Å². The number of aromatic nitrogens is 1. The van der Waals surface area contributed by atoms with Gasteiger partial charge < -0.3 is 10.0 Å². The van der Waals surface area contributed by atoms with Crippen molar-refractivity contribution in [1.29, 1.82) is 0 Å². The maximum Gasteiger partial charge on any atom is 0.307 e. The van der Waals surface area contributed by atoms with Crippen molar-refractivity contribution in [3.8, 4) is 11.1 Å². The smallest absolute Gasteiger partial charge is 0.307 e. The van der Waals surface area contributed by atoms with Gasteiger partial charge in [0.1, 0.15) is 0 Å². The van der Waals surface area contributed by atoms with E-state index in [2.05, 4.69) is 23.7 Å². The topological polar surface area (TPSA) is 87.6 Å². The Morgan fingerprint density at radius 1 is 1.09 bits per heavy atom. The zero-order chi connectivity index (χ0) is 23.8. The number of sulfone groups is 1. The van der Waals surface area contributed by atoms with Gasteiger partial charge in [-0.3, -0.25) is 9.78 Å². The number of carbonyl (C=O) groups is 1. The predicted molar refractivity (Wildman–Crippen MR) is 128 cm³/mol. The summed E-state index contributed by atoms with van der Waals surface area (Å²) in [6.45, 7) is 13.4. The highest BCUT2D eigenvalue weighted by atomic mass is 32.2. The largest absolute Gasteiger partial charge is 0.481 e. The van der Waals surface area contributed by atoms with Gasteiger partial charge in [-0.25, -0.2) is 8.42 Å². The molecular weight excluding hydrogens is 424 g/mol. The second kappa shape index (κ2) is 8.85. The number of aliphatic carboxylic acids is 1. The van der Waals surface area contributed by atoms with Crippen LogP contribution in [0.5, 0.6) is 0 Å². The van der Waals surface area contributed by atoms with E-state index in [9.17, 15) is 18.3 Å². The Morgan fingerprint density at radius 2 is 1.66 bits per heavy atom. The second-order valence-corrected chi connectivity index (χ2v) is 12.3. The molecule has 0 amide bonds. The van der Waals surface area contributed by atoms with Crippen LogP contribution in [0.3, 0.4) is 0 Å². The van der Waals surface area contributed by atoms with Crippen molar-refractivity contribution in [3.63, 3.8) is 0 Å². The van der Waals surface area contributed by atoms with Crippen molar-refractivity contribution in [2.24, 2.45) is 5.41 Å². The van der Waals surface area contributed by atoms with Crippen LogP contribution in [-0.4, -0.2) is 42.8 Å². The molecule has 1 aromatic heterocycles. The lowest BCUT2D eigenvalue weighted by molar-refractivity contribution is -0.136. The summed E-state index contributed by atoms with van der Waals surface area (Å²) in [5, 5.41) is 9.10. The molecule has 1 aliphatic rings. The van der Waals surface area contributed by atoms with E-state index in [0.717, 1.165) is 59.7 Å². The molecule has 7 heteroatoms. The van der Waals surface area contributed by atoms with Crippen LogP contribution in [0.15, 0.2) is 29.2 Å². The van der Waals surface area contributed by atoms with Crippen LogP contribution < -0.4 is 4.90 Å². The molecule has 2 aromatic rings. The Kier molecular flexibility index (Phi) is 6.70. The van der Waals surface area contributed by atoms with Crippen molar-refractivity contribution >= 4 is 21.5 Å². The Hall–Kier alpha value is -2.41. The monoisotopic (exact) mass is 458 g/mol. The zero-order valence-corrected chi connectivity index (χ0v) is 20.7. The summed E-state index contributed by atoms with van der Waals surface area (Å²) in [4.78, 5) is 19.0. The molecule has 3 rings (SSSR count). The summed E-state index contributed by atoms with van der Waals surface area (Å²) in [7, 11) is -3.36. The molecule has 0 aliphatic carbocycles. The fourth-order valence-electron chi connectivity index (χ4n) is 4.35. The summed E-state index contributed by atoms with van der Waals surface area (Å²) < 4.78 is 25.1. The highest BCUT2D eigenvalue weighted by molar-refractivity contribution is 7.92. The molecule has 0 unspecified atom stereocenters. The van der Waals surface area contributed by atoms with Gasteiger partial charge in [0.2, 0.25) is 0 Å². The summed E-state index contributed by atoms with van der Waals surface area (Å²) in [6, 6.07) is 6.92. The number of aryl methyl sites for hydroxylation is 2. The Bertz CT molecular complexity index is 1110. The quantitative estimate of drug-likeness (QED) is 0.669. The van der Waals surface area contributed by atoms with E-state index in [1.807, 2.05) is 26.0 Å². The first-order valence-electron chi connectivity index (χ1n) is 11.1. The SMILES string of the molecule is Cc1nc(C)c(-c2ccc(S(=O)(=O)C(C)C)cc2)c(N2CCC(C)(C)CC2)c1CC(=O)O. The van der Waals surface area contributed by atoms with Gasteiger partial charge in [0, 0.05) is 35.6 Å². The number of benzene rings is 1. The van der Waals surface area contributed by atoms with Crippen molar-refractivity contribution < 1.29 is 18.3 Å². The normalized spacial score (nSPS) is 16.4. The van der Waals surface area contributed by atoms with Crippen molar-refractivity contribution in [2.75, 3.05) is 18.0 Å². The van der Waals surface area contributed by atoms with Gasteiger partial charge in [-0.15, -0.1) is 0 Å². The summed E-state index contributed by atoms with van der Waals surface area (Å²) in [6.07, 6.45) is 1.94. The third-order valence-corrected chi connectivity index (χ3v) is 8.68. The molecule has 0 saturated carbocycles. The lowest BCUT2D eigenvalue weighted by Gasteiger charge is -2.40. The average Bonchev–Trinajstić information content (AvgIpc) is 2.70. The highest BCUT2D eigenvalue weighted by Gasteiger charge is 2.30. The Morgan fingerprint density at radius 3 is 2.16 bits per heavy atom. The first-order valence-corrected chi connectivity index (χ1v) is 12.7. The molecule has 0 spiro atoms. The molecular formula is C25H34N2O4S. The molecule has 174 valence electrons. The van der Waals surface area contributed by atoms with Crippen LogP contribution in [0.1, 0.15) is 57.5 Å². The molecule has 1 aromatic carbocycles. The van der Waals surface area contributed by atoms with Gasteiger partial charge in [-0.2, -0.15) is 0 Å². The maximum absolute atomic E-state index is 12.6. The summed E-state index contributed by atoms with van der Waals surface area (Å²) >= 11 is 0. The van der Waals surface area contributed by atoms with Gasteiger partial charge in [0.25, 0.3) is 0 Å². The van der Waals surface area contributed by atoms with E-state index in [1.165, 1.54) is 0 Å². The number of carboxylic acid groups (broad SMARTS) is 1. The van der Waals surface area contributed by atoms with Crippen LogP contribution in [0.25, 0.3) is 11.1 Å². The molecule has 1 N–H and O–H groups in total. The van der Waals surface area contributed by atoms with E-state index in [0.29, 0.717) is 4.90 Å². The standard InChI is InChI=1S/C25H34N2O4S/c1-16(2)32(30,31)20-9-7-19(8-10-20)23-18(4)26-17(3)21(15-22(28)29)24(23)27-13-11-25(5,6)12-14-27/h7-10,16H,11-15H2,1-6H3,(H,28,29). The van der Waals surface area contributed by atoms with Crippen molar-refractivity contribution in [3.05, 3.63) is 41.2 Å². The minimum atomic E-state index is -3.36. The maximum atomic E-state index is 12.6. The van der Waals surface area contributed by atoms with E-state index in [-0.39, 0.29) is 11.8 Å². The van der Waals surface area contributed by atoms with Crippen molar-refractivity contribution in [1.82, 2.24) is 4.98 Å². The van der Waals surface area contributed by atoms with Crippen LogP contribution in [0, 0.1) is 19.3 Å². The third kappa shape index (κ3) is 4.82. The number of piperidine rings is 1. The number of rotatable bonds is 6. The molecule has 6 nitrogen and oxygen atoms in total. The second-order valence-electron chi connectivity index (χ2n) is 9.82. The third-order valence-electron chi connectivity index (χ3n) is 6.51. The van der Waals surface area contributed by atoms with Gasteiger partial charge in [-0.05, 0) is 63.6 Å². The first-order chi connectivity index (χ1) is 14.8. The fraction of sp³-hybridized carbons (Fsp3) is 0.520. The molecule has 1 saturated heterocycles. The Labute approximate surface area is 191 Å². The lowest BCUT2D eigenvalue weighted by Crippen LogP contribution is -2.38. The van der Waals surface area contributed by atoms with Crippen LogP contribution in [-0.2, 0) is 21.1 Å². The zero-order valence-electron chi connectivity index (χ0n) is 19.9. The van der Waals surface area contributed by atoms with Gasteiger partial charge in [-0.1, -0.05) is 26.0 Å². The molecule has 0 atom stereocenters. The molecule has 1 fully saturated rings. The summed E-state index contributed by atoms with van der Waals surface area (Å²) in [5.74, 6) is -0.887. The number of carboxylic acids is 1. The molecule has 2 heterocycles. The van der Waals surface area contributed by atoms with E-state index in [4.69, 9.17) is 0 Å². The minimum Gasteiger partial charge on any atom is -0.481 e. The summed E-state index contributed by atoms with van der Waals surface area (Å²) in [5.41, 5.74) is 5.20. The number of pyridine rings is 1. The molecule has 1 aliphatic heterocycles. The van der Waals surface area contributed by atoms with Crippen LogP contribution in [0.2, 0.25) is 0 Å². The van der Waals surface area contributed by atoms with Gasteiger partial charge in [0.15, 0.2) is 9.84 Å². The number of hydrogen-bond acceptors (Lipinski definition) is 5. The van der Waals surface area contributed by atoms with E-state index >= 15 is 0 Å². The van der Waals surface area contributed by atoms with Crippen LogP contribution in [0.4, 0.5) is 5.69 Å².